The fraction of sp³-hybridized carbons (Fsp3) is 0.640. The molecule has 5 rings (SSSR count). The van der Waals surface area contributed by atoms with Crippen LogP contribution in [0.4, 0.5) is 4.79 Å². The number of carbonyl (C=O) groups excluding carboxylic acids is 1. The molecular weight excluding hydrogens is 462 g/mol. The van der Waals surface area contributed by atoms with E-state index in [-0.39, 0.29) is 17.6 Å². The number of hydrogen-bond donors (Lipinski definition) is 1. The van der Waals surface area contributed by atoms with Crippen LogP contribution in [0.2, 0.25) is 0 Å². The van der Waals surface area contributed by atoms with Crippen LogP contribution in [0.25, 0.3) is 17.1 Å². The van der Waals surface area contributed by atoms with Gasteiger partial charge in [0.25, 0.3) is 11.4 Å². The van der Waals surface area contributed by atoms with Gasteiger partial charge in [-0.3, -0.25) is 4.79 Å². The van der Waals surface area contributed by atoms with Crippen molar-refractivity contribution < 1.29 is 14.1 Å². The van der Waals surface area contributed by atoms with Crippen LogP contribution in [-0.2, 0) is 11.2 Å². The van der Waals surface area contributed by atoms with Crippen molar-refractivity contribution in [1.29, 1.82) is 0 Å². The molecule has 0 unspecified atom stereocenters. The topological polar surface area (TPSA) is 122 Å². The minimum absolute atomic E-state index is 0.0870. The van der Waals surface area contributed by atoms with Crippen molar-refractivity contribution in [3.8, 4) is 11.5 Å². The van der Waals surface area contributed by atoms with E-state index in [0.29, 0.717) is 54.8 Å². The molecule has 2 aliphatic heterocycles. The normalized spacial score (nSPS) is 18.7. The first-order valence-corrected chi connectivity index (χ1v) is 12.8. The second kappa shape index (κ2) is 9.68. The number of hydrogen-bond acceptors (Lipinski definition) is 8. The molecule has 3 aromatic heterocycles. The summed E-state index contributed by atoms with van der Waals surface area (Å²) in [5, 5.41) is 8.75. The van der Waals surface area contributed by atoms with E-state index in [1.54, 1.807) is 21.7 Å². The Morgan fingerprint density at radius 3 is 2.58 bits per heavy atom. The Kier molecular flexibility index (Phi) is 6.59. The lowest BCUT2D eigenvalue weighted by atomic mass is 9.93. The zero-order valence-corrected chi connectivity index (χ0v) is 21.5. The molecule has 0 atom stereocenters. The number of ether oxygens (including phenoxy) is 1. The summed E-state index contributed by atoms with van der Waals surface area (Å²) in [6.07, 6.45) is 5.83. The van der Waals surface area contributed by atoms with Crippen molar-refractivity contribution in [2.75, 3.05) is 33.2 Å². The lowest BCUT2D eigenvalue weighted by Gasteiger charge is -2.33. The van der Waals surface area contributed by atoms with Gasteiger partial charge in [0.15, 0.2) is 5.82 Å². The van der Waals surface area contributed by atoms with E-state index in [2.05, 4.69) is 32.2 Å². The highest BCUT2D eigenvalue weighted by Crippen LogP contribution is 2.30. The fourth-order valence-corrected chi connectivity index (χ4v) is 5.11. The summed E-state index contributed by atoms with van der Waals surface area (Å²) in [4.78, 5) is 36.6. The van der Waals surface area contributed by atoms with Crippen molar-refractivity contribution >= 4 is 11.7 Å². The first-order valence-electron chi connectivity index (χ1n) is 12.8. The van der Waals surface area contributed by atoms with Crippen LogP contribution >= 0.6 is 0 Å². The second-order valence-corrected chi connectivity index (χ2v) is 11.1. The van der Waals surface area contributed by atoms with Gasteiger partial charge in [-0.25, -0.2) is 9.31 Å². The maximum absolute atomic E-state index is 12.6. The number of nitrogens with zero attached hydrogens (tertiary/aromatic N) is 6. The van der Waals surface area contributed by atoms with Crippen LogP contribution in [-0.4, -0.2) is 79.5 Å². The van der Waals surface area contributed by atoms with E-state index in [0.717, 1.165) is 38.0 Å². The smallest absolute Gasteiger partial charge is 0.410 e. The molecule has 0 radical (unpaired) electrons. The number of nitrogens with one attached hydrogen (secondary N) is 1. The number of amides is 1. The van der Waals surface area contributed by atoms with Crippen molar-refractivity contribution in [2.45, 2.75) is 64.4 Å². The molecule has 1 N–H and O–H groups in total. The molecule has 0 aliphatic carbocycles. The van der Waals surface area contributed by atoms with Gasteiger partial charge in [0, 0.05) is 31.5 Å². The first kappa shape index (κ1) is 24.5. The largest absolute Gasteiger partial charge is 0.444 e. The van der Waals surface area contributed by atoms with Gasteiger partial charge < -0.3 is 24.0 Å². The quantitative estimate of drug-likeness (QED) is 0.584. The molecule has 2 fully saturated rings. The van der Waals surface area contributed by atoms with Crippen LogP contribution in [0.5, 0.6) is 0 Å². The molecule has 0 bridgehead atoms. The van der Waals surface area contributed by atoms with Crippen LogP contribution in [0.3, 0.4) is 0 Å². The predicted molar refractivity (Wildman–Crippen MR) is 133 cm³/mol. The van der Waals surface area contributed by atoms with Gasteiger partial charge in [-0.15, -0.1) is 0 Å². The molecule has 2 aliphatic rings. The minimum Gasteiger partial charge on any atom is -0.444 e. The maximum atomic E-state index is 12.6. The first-order chi connectivity index (χ1) is 17.2. The van der Waals surface area contributed by atoms with Gasteiger partial charge in [-0.05, 0) is 72.5 Å². The molecule has 2 saturated heterocycles. The Morgan fingerprint density at radius 2 is 1.89 bits per heavy atom. The molecule has 1 amide bonds. The third-order valence-electron chi connectivity index (χ3n) is 7.11. The van der Waals surface area contributed by atoms with Crippen LogP contribution in [0.15, 0.2) is 21.6 Å². The number of H-pyrrole nitrogens is 1. The van der Waals surface area contributed by atoms with Crippen LogP contribution in [0, 0.1) is 5.92 Å². The number of aromatic nitrogens is 5. The number of fused-ring (bicyclic) bond motifs is 1. The zero-order valence-electron chi connectivity index (χ0n) is 21.5. The summed E-state index contributed by atoms with van der Waals surface area (Å²) in [6, 6.07) is 1.59. The van der Waals surface area contributed by atoms with Gasteiger partial charge in [-0.1, -0.05) is 5.16 Å². The lowest BCUT2D eigenvalue weighted by Crippen LogP contribution is -2.41. The second-order valence-electron chi connectivity index (χ2n) is 11.1. The van der Waals surface area contributed by atoms with E-state index in [4.69, 9.17) is 9.26 Å². The van der Waals surface area contributed by atoms with Gasteiger partial charge in [0.1, 0.15) is 16.8 Å². The molecule has 3 aromatic rings. The molecule has 11 heteroatoms. The summed E-state index contributed by atoms with van der Waals surface area (Å²) < 4.78 is 12.8. The molecular formula is C25H35N7O4. The Labute approximate surface area is 209 Å². The Morgan fingerprint density at radius 1 is 1.17 bits per heavy atom. The molecule has 0 aromatic carbocycles. The SMILES string of the molecule is CN1CCC(Cc2noc(-c3cnn4c(C5CCN(C(=O)OC(C)(C)C)CC5)cc(=O)[nH]c34)n2)CC1. The zero-order chi connectivity index (χ0) is 25.4. The van der Waals surface area contributed by atoms with Crippen molar-refractivity contribution in [3.63, 3.8) is 0 Å². The summed E-state index contributed by atoms with van der Waals surface area (Å²) in [6.45, 7) is 8.88. The van der Waals surface area contributed by atoms with E-state index < -0.39 is 5.60 Å². The van der Waals surface area contributed by atoms with Gasteiger partial charge in [-0.2, -0.15) is 10.1 Å². The van der Waals surface area contributed by atoms with E-state index in [9.17, 15) is 9.59 Å². The van der Waals surface area contributed by atoms with Crippen molar-refractivity contribution in [2.24, 2.45) is 5.92 Å². The van der Waals surface area contributed by atoms with Crippen molar-refractivity contribution in [3.05, 3.63) is 34.1 Å². The lowest BCUT2D eigenvalue weighted by molar-refractivity contribution is 0.0203. The number of rotatable bonds is 4. The van der Waals surface area contributed by atoms with Gasteiger partial charge >= 0.3 is 6.09 Å². The Balaban J connectivity index is 1.32. The highest BCUT2D eigenvalue weighted by Gasteiger charge is 2.30. The molecule has 194 valence electrons. The average Bonchev–Trinajstić information content (AvgIpc) is 3.46. The van der Waals surface area contributed by atoms with E-state index in [1.165, 1.54) is 0 Å². The number of piperidine rings is 2. The average molecular weight is 498 g/mol. The number of likely N-dealkylation sites (tertiary alicyclic amines) is 2. The fourth-order valence-electron chi connectivity index (χ4n) is 5.11. The summed E-state index contributed by atoms with van der Waals surface area (Å²) >= 11 is 0. The van der Waals surface area contributed by atoms with Crippen molar-refractivity contribution in [1.82, 2.24) is 34.5 Å². The number of aromatic amines is 1. The molecule has 0 saturated carbocycles. The number of carbonyl (C=O) groups is 1. The molecule has 5 heterocycles. The third kappa shape index (κ3) is 5.30. The van der Waals surface area contributed by atoms with E-state index in [1.807, 2.05) is 20.8 Å². The monoisotopic (exact) mass is 497 g/mol. The molecule has 11 nitrogen and oxygen atoms in total. The maximum Gasteiger partial charge on any atom is 0.410 e. The standard InChI is InChI=1S/C25H35N7O4/c1-25(2,3)35-24(34)31-11-7-17(8-12-31)19-14-21(33)28-22-18(15-26-32(19)22)23-27-20(29-36-23)13-16-5-9-30(4)10-6-16/h14-17H,5-13H2,1-4H3,(H,28,33). The Hall–Kier alpha value is -3.21. The van der Waals surface area contributed by atoms with Crippen LogP contribution in [0.1, 0.15) is 63.9 Å². The van der Waals surface area contributed by atoms with Gasteiger partial charge in [0.05, 0.1) is 11.9 Å². The molecule has 0 spiro atoms. The summed E-state index contributed by atoms with van der Waals surface area (Å²) in [5.41, 5.74) is 1.23. The summed E-state index contributed by atoms with van der Waals surface area (Å²) in [7, 11) is 2.15. The Bertz CT molecular complexity index is 1270. The highest BCUT2D eigenvalue weighted by molar-refractivity contribution is 5.71. The molecule has 36 heavy (non-hydrogen) atoms. The third-order valence-corrected chi connectivity index (χ3v) is 7.11. The predicted octanol–water partition coefficient (Wildman–Crippen LogP) is 3.07. The summed E-state index contributed by atoms with van der Waals surface area (Å²) in [5.74, 6) is 1.69. The van der Waals surface area contributed by atoms with Crippen LogP contribution < -0.4 is 5.56 Å². The van der Waals surface area contributed by atoms with Gasteiger partial charge in [0.2, 0.25) is 0 Å². The van der Waals surface area contributed by atoms with E-state index >= 15 is 0 Å². The highest BCUT2D eigenvalue weighted by atomic mass is 16.6. The minimum atomic E-state index is -0.528.